The van der Waals surface area contributed by atoms with Crippen molar-refractivity contribution < 1.29 is 26.9 Å². The molecule has 0 saturated heterocycles. The average molecular weight is 270 g/mol. The summed E-state index contributed by atoms with van der Waals surface area (Å²) in [5.41, 5.74) is -1.71. The summed E-state index contributed by atoms with van der Waals surface area (Å²) in [6.45, 7) is -0.787. The molecule has 0 atom stereocenters. The van der Waals surface area contributed by atoms with Gasteiger partial charge >= 0.3 is 6.18 Å². The Bertz CT molecular complexity index is 461. The molecule has 18 heavy (non-hydrogen) atoms. The van der Waals surface area contributed by atoms with Gasteiger partial charge in [0.25, 0.3) is 5.69 Å². The number of benzene rings is 1. The van der Waals surface area contributed by atoms with E-state index < -0.39 is 47.1 Å². The molecule has 0 aliphatic rings. The molecule has 0 radical (unpaired) electrons. The van der Waals surface area contributed by atoms with Crippen molar-refractivity contribution in [2.45, 2.75) is 12.6 Å². The van der Waals surface area contributed by atoms with Gasteiger partial charge in [-0.05, 0) is 6.07 Å². The number of rotatable bonds is 4. The molecular weight excluding hydrogens is 263 g/mol. The molecule has 0 saturated carbocycles. The topological polar surface area (TPSA) is 55.2 Å². The first kappa shape index (κ1) is 14.1. The second kappa shape index (κ2) is 5.15. The molecule has 9 heteroatoms. The predicted molar refractivity (Wildman–Crippen MR) is 52.2 cm³/mol. The maximum atomic E-state index is 13.2. The summed E-state index contributed by atoms with van der Waals surface area (Å²) >= 11 is 0. The zero-order valence-electron chi connectivity index (χ0n) is 8.72. The highest BCUT2D eigenvalue weighted by Crippen LogP contribution is 2.29. The van der Waals surface area contributed by atoms with E-state index in [1.165, 1.54) is 0 Å². The molecule has 0 fully saturated rings. The van der Waals surface area contributed by atoms with Crippen LogP contribution in [0.15, 0.2) is 12.1 Å². The monoisotopic (exact) mass is 270 g/mol. The number of alkyl halides is 3. The van der Waals surface area contributed by atoms with Crippen molar-refractivity contribution in [1.82, 2.24) is 0 Å². The second-order valence-electron chi connectivity index (χ2n) is 3.30. The third-order valence-electron chi connectivity index (χ3n) is 1.98. The van der Waals surface area contributed by atoms with E-state index in [0.717, 1.165) is 0 Å². The van der Waals surface area contributed by atoms with Gasteiger partial charge in [-0.15, -0.1) is 0 Å². The lowest BCUT2D eigenvalue weighted by Gasteiger charge is -2.10. The molecule has 100 valence electrons. The maximum Gasteiger partial charge on any atom is 0.390 e. The lowest BCUT2D eigenvalue weighted by molar-refractivity contribution is -0.384. The Morgan fingerprint density at radius 2 is 1.89 bits per heavy atom. The molecule has 0 amide bonds. The van der Waals surface area contributed by atoms with Gasteiger partial charge in [0, 0.05) is 12.6 Å². The minimum atomic E-state index is -4.49. The first-order chi connectivity index (χ1) is 8.22. The van der Waals surface area contributed by atoms with Gasteiger partial charge in [0.15, 0.2) is 17.3 Å². The lowest BCUT2D eigenvalue weighted by atomic mass is 10.2. The van der Waals surface area contributed by atoms with Crippen LogP contribution < -0.4 is 5.32 Å². The molecule has 4 nitrogen and oxygen atoms in total. The summed E-state index contributed by atoms with van der Waals surface area (Å²) in [4.78, 5) is 9.48. The smallest absolute Gasteiger partial charge is 0.377 e. The minimum Gasteiger partial charge on any atom is -0.377 e. The van der Waals surface area contributed by atoms with E-state index in [2.05, 4.69) is 0 Å². The fourth-order valence-corrected chi connectivity index (χ4v) is 1.19. The normalized spacial score (nSPS) is 11.4. The zero-order chi connectivity index (χ0) is 13.9. The van der Waals surface area contributed by atoms with Crippen molar-refractivity contribution in [2.75, 3.05) is 11.9 Å². The van der Waals surface area contributed by atoms with Gasteiger partial charge in [-0.25, -0.2) is 8.78 Å². The van der Waals surface area contributed by atoms with Crippen molar-refractivity contribution in [1.29, 1.82) is 0 Å². The summed E-state index contributed by atoms with van der Waals surface area (Å²) in [7, 11) is 0. The number of nitrogens with one attached hydrogen (secondary N) is 1. The van der Waals surface area contributed by atoms with E-state index in [4.69, 9.17) is 0 Å². The Labute approximate surface area is 97.6 Å². The van der Waals surface area contributed by atoms with Gasteiger partial charge in [0.05, 0.1) is 11.3 Å². The molecule has 0 heterocycles. The standard InChI is InChI=1S/C9H7F5N2O2/c10-5-1-2-6(16(17)18)8(7(5)11)15-4-3-9(12,13)14/h1-2,15H,3-4H2. The van der Waals surface area contributed by atoms with E-state index in [1.54, 1.807) is 0 Å². The number of halogens is 5. The molecule has 0 aromatic heterocycles. The molecule has 0 spiro atoms. The van der Waals surface area contributed by atoms with Crippen LogP contribution in [-0.2, 0) is 0 Å². The van der Waals surface area contributed by atoms with Crippen LogP contribution in [0.5, 0.6) is 0 Å². The summed E-state index contributed by atoms with van der Waals surface area (Å²) in [6.07, 6.45) is -5.81. The van der Waals surface area contributed by atoms with E-state index >= 15 is 0 Å². The van der Waals surface area contributed by atoms with E-state index in [9.17, 15) is 32.1 Å². The quantitative estimate of drug-likeness (QED) is 0.519. The Balaban J connectivity index is 2.92. The van der Waals surface area contributed by atoms with Gasteiger partial charge in [-0.2, -0.15) is 13.2 Å². The molecule has 1 rings (SSSR count). The first-order valence-electron chi connectivity index (χ1n) is 4.65. The average Bonchev–Trinajstić information content (AvgIpc) is 2.22. The van der Waals surface area contributed by atoms with E-state index in [1.807, 2.05) is 5.32 Å². The van der Waals surface area contributed by atoms with Crippen LogP contribution in [0.3, 0.4) is 0 Å². The third-order valence-corrected chi connectivity index (χ3v) is 1.98. The molecule has 0 bridgehead atoms. The Kier molecular flexibility index (Phi) is 4.04. The Morgan fingerprint density at radius 1 is 1.28 bits per heavy atom. The molecular formula is C9H7F5N2O2. The summed E-state index contributed by atoms with van der Waals surface area (Å²) in [6, 6.07) is 1.21. The van der Waals surface area contributed by atoms with Crippen LogP contribution >= 0.6 is 0 Å². The van der Waals surface area contributed by atoms with Crippen molar-refractivity contribution in [3.8, 4) is 0 Å². The minimum absolute atomic E-state index is 0.530. The van der Waals surface area contributed by atoms with Crippen molar-refractivity contribution in [3.05, 3.63) is 33.9 Å². The van der Waals surface area contributed by atoms with Crippen LogP contribution in [0.1, 0.15) is 6.42 Å². The summed E-state index contributed by atoms with van der Waals surface area (Å²) in [5, 5.41) is 12.4. The SMILES string of the molecule is O=[N+]([O-])c1ccc(F)c(F)c1NCCC(F)(F)F. The van der Waals surface area contributed by atoms with Crippen LogP contribution in [0.4, 0.5) is 33.3 Å². The molecule has 0 aliphatic carbocycles. The summed E-state index contributed by atoms with van der Waals surface area (Å²) in [5.74, 6) is -2.96. The number of anilines is 1. The highest BCUT2D eigenvalue weighted by atomic mass is 19.4. The third kappa shape index (κ3) is 3.54. The van der Waals surface area contributed by atoms with E-state index in [0.29, 0.717) is 12.1 Å². The van der Waals surface area contributed by atoms with Gasteiger partial charge in [0.1, 0.15) is 0 Å². The molecule has 0 aliphatic heterocycles. The van der Waals surface area contributed by atoms with E-state index in [-0.39, 0.29) is 0 Å². The second-order valence-corrected chi connectivity index (χ2v) is 3.30. The fraction of sp³-hybridized carbons (Fsp3) is 0.333. The number of nitrogens with zero attached hydrogens (tertiary/aromatic N) is 1. The lowest BCUT2D eigenvalue weighted by Crippen LogP contribution is -2.16. The fourth-order valence-electron chi connectivity index (χ4n) is 1.19. The van der Waals surface area contributed by atoms with Crippen molar-refractivity contribution in [3.63, 3.8) is 0 Å². The highest BCUT2D eigenvalue weighted by molar-refractivity contribution is 5.62. The Morgan fingerprint density at radius 3 is 2.39 bits per heavy atom. The van der Waals surface area contributed by atoms with Crippen LogP contribution in [-0.4, -0.2) is 17.6 Å². The van der Waals surface area contributed by atoms with Gasteiger partial charge in [-0.1, -0.05) is 0 Å². The van der Waals surface area contributed by atoms with Crippen molar-refractivity contribution in [2.24, 2.45) is 0 Å². The summed E-state index contributed by atoms with van der Waals surface area (Å²) < 4.78 is 61.6. The molecule has 1 N–H and O–H groups in total. The van der Waals surface area contributed by atoms with Crippen LogP contribution in [0.2, 0.25) is 0 Å². The number of nitro groups is 1. The zero-order valence-corrected chi connectivity index (χ0v) is 8.72. The van der Waals surface area contributed by atoms with Gasteiger partial charge < -0.3 is 5.32 Å². The van der Waals surface area contributed by atoms with Crippen LogP contribution in [0, 0.1) is 21.7 Å². The highest BCUT2D eigenvalue weighted by Gasteiger charge is 2.28. The number of hydrogen-bond acceptors (Lipinski definition) is 3. The number of nitro benzene ring substituents is 1. The molecule has 1 aromatic rings. The number of hydrogen-bond donors (Lipinski definition) is 1. The van der Waals surface area contributed by atoms with Crippen LogP contribution in [0.25, 0.3) is 0 Å². The molecule has 0 unspecified atom stereocenters. The van der Waals surface area contributed by atoms with Crippen molar-refractivity contribution >= 4 is 11.4 Å². The van der Waals surface area contributed by atoms with Gasteiger partial charge in [0.2, 0.25) is 0 Å². The largest absolute Gasteiger partial charge is 0.390 e. The predicted octanol–water partition coefficient (Wildman–Crippen LogP) is 3.24. The first-order valence-corrected chi connectivity index (χ1v) is 4.65. The van der Waals surface area contributed by atoms with Gasteiger partial charge in [-0.3, -0.25) is 10.1 Å². The maximum absolute atomic E-state index is 13.2. The molecule has 1 aromatic carbocycles. The Hall–Kier alpha value is -1.93.